The Morgan fingerprint density at radius 1 is 0.923 bits per heavy atom. The number of hydrogen-bond donors (Lipinski definition) is 1. The fourth-order valence-electron chi connectivity index (χ4n) is 4.88. The molecule has 0 saturated carbocycles. The molecule has 8 heteroatoms. The number of aryl methyl sites for hydroxylation is 1. The van der Waals surface area contributed by atoms with Gasteiger partial charge in [0.25, 0.3) is 0 Å². The van der Waals surface area contributed by atoms with Gasteiger partial charge in [0.05, 0.1) is 23.0 Å². The average Bonchev–Trinajstić information content (AvgIpc) is 3.41. The van der Waals surface area contributed by atoms with Crippen LogP contribution < -0.4 is 15.0 Å². The van der Waals surface area contributed by atoms with E-state index in [4.69, 9.17) is 9.72 Å². The maximum atomic E-state index is 13.0. The van der Waals surface area contributed by atoms with E-state index in [2.05, 4.69) is 45.5 Å². The van der Waals surface area contributed by atoms with Crippen LogP contribution in [0, 0.1) is 12.8 Å². The number of ether oxygens (including phenoxy) is 1. The zero-order valence-electron chi connectivity index (χ0n) is 21.9. The Bertz CT molecular complexity index is 1590. The standard InChI is InChI=1S/C31H29N5O2S/c1-20-3-12-27-28(19-20)39-31(33-27)23-4-8-24(9-5-23)32-30(37)22-15-17-36(18-16-22)29-14-13-26(34-35-29)21-6-10-25(38-2)11-7-21/h3-14,19,22H,15-18H2,1-2H3,(H,32,37). The number of benzene rings is 3. The molecule has 3 aromatic carbocycles. The van der Waals surface area contributed by atoms with Gasteiger partial charge in [0.2, 0.25) is 5.91 Å². The molecule has 1 fully saturated rings. The van der Waals surface area contributed by atoms with E-state index in [1.54, 1.807) is 18.4 Å². The van der Waals surface area contributed by atoms with Crippen molar-refractivity contribution >= 4 is 39.0 Å². The maximum absolute atomic E-state index is 13.0. The monoisotopic (exact) mass is 535 g/mol. The van der Waals surface area contributed by atoms with Gasteiger partial charge >= 0.3 is 0 Å². The topological polar surface area (TPSA) is 80.2 Å². The van der Waals surface area contributed by atoms with Gasteiger partial charge in [-0.1, -0.05) is 6.07 Å². The Morgan fingerprint density at radius 2 is 1.67 bits per heavy atom. The second-order valence-electron chi connectivity index (χ2n) is 9.82. The van der Waals surface area contributed by atoms with Crippen LogP contribution in [0.15, 0.2) is 78.9 Å². The number of piperidine rings is 1. The molecule has 1 N–H and O–H groups in total. The summed E-state index contributed by atoms with van der Waals surface area (Å²) in [4.78, 5) is 19.9. The maximum Gasteiger partial charge on any atom is 0.227 e. The zero-order chi connectivity index (χ0) is 26.8. The van der Waals surface area contributed by atoms with Gasteiger partial charge in [-0.05, 0) is 98.1 Å². The average molecular weight is 536 g/mol. The molecular weight excluding hydrogens is 506 g/mol. The van der Waals surface area contributed by atoms with Crippen LogP contribution in [0.2, 0.25) is 0 Å². The third-order valence-corrected chi connectivity index (χ3v) is 8.24. The van der Waals surface area contributed by atoms with Crippen LogP contribution in [0.5, 0.6) is 5.75 Å². The fourth-order valence-corrected chi connectivity index (χ4v) is 5.95. The molecule has 6 rings (SSSR count). The first-order valence-electron chi connectivity index (χ1n) is 13.1. The number of amides is 1. The number of aromatic nitrogens is 3. The molecule has 0 radical (unpaired) electrons. The molecule has 0 spiro atoms. The summed E-state index contributed by atoms with van der Waals surface area (Å²) in [6, 6.07) is 26.0. The number of thiazole rings is 1. The van der Waals surface area contributed by atoms with Crippen molar-refractivity contribution in [1.29, 1.82) is 0 Å². The first-order chi connectivity index (χ1) is 19.1. The van der Waals surface area contributed by atoms with Crippen LogP contribution in [0.1, 0.15) is 18.4 Å². The van der Waals surface area contributed by atoms with Crippen LogP contribution >= 0.6 is 11.3 Å². The minimum Gasteiger partial charge on any atom is -0.497 e. The van der Waals surface area contributed by atoms with Crippen molar-refractivity contribution in [2.45, 2.75) is 19.8 Å². The third kappa shape index (κ3) is 5.47. The number of nitrogens with one attached hydrogen (secondary N) is 1. The van der Waals surface area contributed by atoms with E-state index >= 15 is 0 Å². The van der Waals surface area contributed by atoms with Crippen molar-refractivity contribution in [2.75, 3.05) is 30.4 Å². The SMILES string of the molecule is COc1ccc(-c2ccc(N3CCC(C(=O)Nc4ccc(-c5nc6ccc(C)cc6s5)cc4)CC3)nn2)cc1. The minimum atomic E-state index is -0.0278. The van der Waals surface area contributed by atoms with Crippen molar-refractivity contribution in [3.05, 3.63) is 84.4 Å². The number of anilines is 2. The summed E-state index contributed by atoms with van der Waals surface area (Å²) in [5.74, 6) is 1.69. The highest BCUT2D eigenvalue weighted by Gasteiger charge is 2.26. The van der Waals surface area contributed by atoms with Crippen LogP contribution in [-0.4, -0.2) is 41.3 Å². The Balaban J connectivity index is 1.03. The molecule has 7 nitrogen and oxygen atoms in total. The Labute approximate surface area is 231 Å². The Morgan fingerprint density at radius 3 is 2.36 bits per heavy atom. The quantitative estimate of drug-likeness (QED) is 0.264. The van der Waals surface area contributed by atoms with Gasteiger partial charge < -0.3 is 15.0 Å². The summed E-state index contributed by atoms with van der Waals surface area (Å²) in [5, 5.41) is 13.0. The van der Waals surface area contributed by atoms with Crippen molar-refractivity contribution in [3.8, 4) is 27.6 Å². The molecule has 196 valence electrons. The van der Waals surface area contributed by atoms with Crippen molar-refractivity contribution < 1.29 is 9.53 Å². The van der Waals surface area contributed by atoms with Crippen LogP contribution in [0.3, 0.4) is 0 Å². The van der Waals surface area contributed by atoms with Crippen LogP contribution in [0.25, 0.3) is 32.0 Å². The summed E-state index contributed by atoms with van der Waals surface area (Å²) >= 11 is 1.69. The number of fused-ring (bicyclic) bond motifs is 1. The molecule has 1 aliphatic rings. The van der Waals surface area contributed by atoms with E-state index in [0.717, 1.165) is 70.5 Å². The van der Waals surface area contributed by atoms with Crippen molar-refractivity contribution in [2.24, 2.45) is 5.92 Å². The molecule has 1 saturated heterocycles. The van der Waals surface area contributed by atoms with Crippen LogP contribution in [-0.2, 0) is 4.79 Å². The number of hydrogen-bond acceptors (Lipinski definition) is 7. The second kappa shape index (κ2) is 10.8. The molecule has 1 aliphatic heterocycles. The van der Waals surface area contributed by atoms with E-state index in [0.29, 0.717) is 0 Å². The summed E-state index contributed by atoms with van der Waals surface area (Å²) in [7, 11) is 1.65. The number of carbonyl (C=O) groups is 1. The Hall–Kier alpha value is -4.30. The van der Waals surface area contributed by atoms with E-state index in [-0.39, 0.29) is 11.8 Å². The third-order valence-electron chi connectivity index (χ3n) is 7.17. The predicted molar refractivity (Wildman–Crippen MR) is 157 cm³/mol. The number of rotatable bonds is 6. The van der Waals surface area contributed by atoms with Gasteiger partial charge in [0.15, 0.2) is 5.82 Å². The lowest BCUT2D eigenvalue weighted by atomic mass is 9.95. The largest absolute Gasteiger partial charge is 0.497 e. The first kappa shape index (κ1) is 25.0. The first-order valence-corrected chi connectivity index (χ1v) is 13.9. The minimum absolute atomic E-state index is 0.0278. The molecule has 0 unspecified atom stereocenters. The smallest absolute Gasteiger partial charge is 0.227 e. The molecule has 2 aromatic heterocycles. The highest BCUT2D eigenvalue weighted by Crippen LogP contribution is 2.32. The van der Waals surface area contributed by atoms with E-state index in [1.807, 2.05) is 60.7 Å². The van der Waals surface area contributed by atoms with E-state index in [1.165, 1.54) is 10.3 Å². The molecule has 5 aromatic rings. The predicted octanol–water partition coefficient (Wildman–Crippen LogP) is 6.59. The molecule has 0 bridgehead atoms. The summed E-state index contributed by atoms with van der Waals surface area (Å²) in [5.41, 5.74) is 5.93. The molecular formula is C31H29N5O2S. The number of carbonyl (C=O) groups excluding carboxylic acids is 1. The van der Waals surface area contributed by atoms with Gasteiger partial charge in [-0.15, -0.1) is 21.5 Å². The lowest BCUT2D eigenvalue weighted by molar-refractivity contribution is -0.120. The fraction of sp³-hybridized carbons (Fsp3) is 0.226. The summed E-state index contributed by atoms with van der Waals surface area (Å²) < 4.78 is 6.41. The second-order valence-corrected chi connectivity index (χ2v) is 10.9. The van der Waals surface area contributed by atoms with Crippen LogP contribution in [0.4, 0.5) is 11.5 Å². The Kier molecular flexibility index (Phi) is 6.94. The summed E-state index contributed by atoms with van der Waals surface area (Å²) in [6.45, 7) is 3.63. The summed E-state index contributed by atoms with van der Waals surface area (Å²) in [6.07, 6.45) is 1.55. The number of nitrogens with zero attached hydrogens (tertiary/aromatic N) is 4. The highest BCUT2D eigenvalue weighted by atomic mass is 32.1. The molecule has 0 atom stereocenters. The van der Waals surface area contributed by atoms with Gasteiger partial charge in [-0.3, -0.25) is 4.79 Å². The van der Waals surface area contributed by atoms with E-state index < -0.39 is 0 Å². The molecule has 0 aliphatic carbocycles. The highest BCUT2D eigenvalue weighted by molar-refractivity contribution is 7.21. The van der Waals surface area contributed by atoms with Gasteiger partial charge in [0.1, 0.15) is 10.8 Å². The normalized spacial score (nSPS) is 13.9. The van der Waals surface area contributed by atoms with Gasteiger partial charge in [-0.2, -0.15) is 0 Å². The lowest BCUT2D eigenvalue weighted by Crippen LogP contribution is -2.38. The lowest BCUT2D eigenvalue weighted by Gasteiger charge is -2.31. The van der Waals surface area contributed by atoms with Crippen molar-refractivity contribution in [1.82, 2.24) is 15.2 Å². The van der Waals surface area contributed by atoms with E-state index in [9.17, 15) is 4.79 Å². The molecule has 3 heterocycles. The van der Waals surface area contributed by atoms with Gasteiger partial charge in [0, 0.05) is 35.8 Å². The molecule has 1 amide bonds. The number of methoxy groups -OCH3 is 1. The zero-order valence-corrected chi connectivity index (χ0v) is 22.7. The van der Waals surface area contributed by atoms with Gasteiger partial charge in [-0.25, -0.2) is 4.98 Å². The molecule has 39 heavy (non-hydrogen) atoms. The van der Waals surface area contributed by atoms with Crippen molar-refractivity contribution in [3.63, 3.8) is 0 Å².